The van der Waals surface area contributed by atoms with E-state index in [-0.39, 0.29) is 12.0 Å². The zero-order valence-corrected chi connectivity index (χ0v) is 13.7. The summed E-state index contributed by atoms with van der Waals surface area (Å²) >= 11 is 6.20. The van der Waals surface area contributed by atoms with E-state index in [1.54, 1.807) is 12.4 Å². The topological polar surface area (TPSA) is 54.4 Å². The summed E-state index contributed by atoms with van der Waals surface area (Å²) in [6.07, 6.45) is 5.32. The maximum Gasteiger partial charge on any atom is 0.0717 e. The Hall–Kier alpha value is -1.62. The SMILES string of the molecule is OCc1cnccc1NCC1(c2cccc(Cl)c2)CCOCC1. The van der Waals surface area contributed by atoms with E-state index in [0.29, 0.717) is 0 Å². The van der Waals surface area contributed by atoms with Crippen LogP contribution >= 0.6 is 11.6 Å². The van der Waals surface area contributed by atoms with Crippen molar-refractivity contribution in [2.24, 2.45) is 0 Å². The Morgan fingerprint density at radius 3 is 2.83 bits per heavy atom. The molecular formula is C18H21ClN2O2. The molecule has 2 N–H and O–H groups in total. The number of ether oxygens (including phenoxy) is 1. The molecule has 1 saturated heterocycles. The standard InChI is InChI=1S/C18H21ClN2O2/c19-16-3-1-2-15(10-16)18(5-8-23-9-6-18)13-21-17-4-7-20-11-14(17)12-22/h1-4,7,10-11,22H,5-6,8-9,12-13H2,(H,20,21). The van der Waals surface area contributed by atoms with Crippen molar-refractivity contribution in [2.45, 2.75) is 24.9 Å². The van der Waals surface area contributed by atoms with E-state index < -0.39 is 0 Å². The first kappa shape index (κ1) is 16.2. The van der Waals surface area contributed by atoms with Crippen LogP contribution in [0.15, 0.2) is 42.7 Å². The van der Waals surface area contributed by atoms with Crippen molar-refractivity contribution in [3.63, 3.8) is 0 Å². The van der Waals surface area contributed by atoms with E-state index in [1.165, 1.54) is 5.56 Å². The van der Waals surface area contributed by atoms with Gasteiger partial charge in [-0.1, -0.05) is 23.7 Å². The Morgan fingerprint density at radius 2 is 2.09 bits per heavy atom. The van der Waals surface area contributed by atoms with Crippen LogP contribution in [-0.4, -0.2) is 29.8 Å². The Bertz CT molecular complexity index is 657. The number of rotatable bonds is 5. The number of aliphatic hydroxyl groups is 1. The molecule has 0 radical (unpaired) electrons. The number of pyridine rings is 1. The highest BCUT2D eigenvalue weighted by Crippen LogP contribution is 2.36. The minimum Gasteiger partial charge on any atom is -0.392 e. The number of benzene rings is 1. The zero-order chi connectivity index (χ0) is 16.1. The van der Waals surface area contributed by atoms with Crippen LogP contribution in [-0.2, 0) is 16.8 Å². The molecule has 0 atom stereocenters. The van der Waals surface area contributed by atoms with Crippen molar-refractivity contribution >= 4 is 17.3 Å². The molecule has 122 valence electrons. The zero-order valence-electron chi connectivity index (χ0n) is 13.0. The second-order valence-corrected chi connectivity index (χ2v) is 6.38. The second-order valence-electron chi connectivity index (χ2n) is 5.95. The van der Waals surface area contributed by atoms with Gasteiger partial charge < -0.3 is 15.2 Å². The molecule has 0 spiro atoms. The normalized spacial score (nSPS) is 17.0. The summed E-state index contributed by atoms with van der Waals surface area (Å²) in [4.78, 5) is 4.06. The van der Waals surface area contributed by atoms with Crippen molar-refractivity contribution in [3.05, 3.63) is 58.9 Å². The highest BCUT2D eigenvalue weighted by molar-refractivity contribution is 6.30. The highest BCUT2D eigenvalue weighted by atomic mass is 35.5. The highest BCUT2D eigenvalue weighted by Gasteiger charge is 2.34. The summed E-state index contributed by atoms with van der Waals surface area (Å²) in [7, 11) is 0. The first-order chi connectivity index (χ1) is 11.2. The molecule has 2 aromatic rings. The molecule has 5 heteroatoms. The molecule has 0 amide bonds. The first-order valence-corrected chi connectivity index (χ1v) is 8.23. The summed E-state index contributed by atoms with van der Waals surface area (Å²) in [6.45, 7) is 2.24. The monoisotopic (exact) mass is 332 g/mol. The Morgan fingerprint density at radius 1 is 1.26 bits per heavy atom. The lowest BCUT2D eigenvalue weighted by molar-refractivity contribution is 0.0544. The van der Waals surface area contributed by atoms with Gasteiger partial charge >= 0.3 is 0 Å². The smallest absolute Gasteiger partial charge is 0.0717 e. The van der Waals surface area contributed by atoms with Crippen LogP contribution in [0.4, 0.5) is 5.69 Å². The predicted molar refractivity (Wildman–Crippen MR) is 91.8 cm³/mol. The number of nitrogens with one attached hydrogen (secondary N) is 1. The number of hydrogen-bond acceptors (Lipinski definition) is 4. The maximum absolute atomic E-state index is 9.46. The van der Waals surface area contributed by atoms with Crippen molar-refractivity contribution in [3.8, 4) is 0 Å². The van der Waals surface area contributed by atoms with Crippen LogP contribution in [0.1, 0.15) is 24.0 Å². The number of hydrogen-bond donors (Lipinski definition) is 2. The molecule has 1 aromatic carbocycles. The van der Waals surface area contributed by atoms with Crippen LogP contribution in [0.25, 0.3) is 0 Å². The van der Waals surface area contributed by atoms with Crippen LogP contribution in [0.2, 0.25) is 5.02 Å². The molecule has 3 rings (SSSR count). The number of halogens is 1. The molecule has 0 aliphatic carbocycles. The summed E-state index contributed by atoms with van der Waals surface area (Å²) < 4.78 is 5.56. The summed E-state index contributed by atoms with van der Waals surface area (Å²) in [5.41, 5.74) is 2.95. The minimum absolute atomic E-state index is 0.0147. The van der Waals surface area contributed by atoms with E-state index in [9.17, 15) is 5.11 Å². The van der Waals surface area contributed by atoms with Gasteiger partial charge in [-0.05, 0) is 36.6 Å². The van der Waals surface area contributed by atoms with E-state index in [4.69, 9.17) is 16.3 Å². The van der Waals surface area contributed by atoms with Crippen molar-refractivity contribution in [1.82, 2.24) is 4.98 Å². The van der Waals surface area contributed by atoms with Gasteiger partial charge in [0.15, 0.2) is 0 Å². The van der Waals surface area contributed by atoms with Gasteiger partial charge in [0, 0.05) is 53.8 Å². The molecule has 1 aliphatic rings. The third-order valence-electron chi connectivity index (χ3n) is 4.58. The average Bonchev–Trinajstić information content (AvgIpc) is 2.61. The third kappa shape index (κ3) is 3.66. The fourth-order valence-corrected chi connectivity index (χ4v) is 3.33. The first-order valence-electron chi connectivity index (χ1n) is 7.85. The molecule has 23 heavy (non-hydrogen) atoms. The van der Waals surface area contributed by atoms with E-state index >= 15 is 0 Å². The minimum atomic E-state index is -0.0244. The van der Waals surface area contributed by atoms with E-state index in [0.717, 1.165) is 48.9 Å². The fourth-order valence-electron chi connectivity index (χ4n) is 3.14. The molecular weight excluding hydrogens is 312 g/mol. The van der Waals surface area contributed by atoms with Crippen LogP contribution in [0.3, 0.4) is 0 Å². The Kier molecular flexibility index (Phi) is 5.16. The van der Waals surface area contributed by atoms with Crippen LogP contribution < -0.4 is 5.32 Å². The van der Waals surface area contributed by atoms with Gasteiger partial charge in [0.05, 0.1) is 6.61 Å². The molecule has 1 fully saturated rings. The average molecular weight is 333 g/mol. The predicted octanol–water partition coefficient (Wildman–Crippen LogP) is 3.39. The number of anilines is 1. The molecule has 1 aromatic heterocycles. The molecule has 4 nitrogen and oxygen atoms in total. The Labute approximate surface area is 141 Å². The third-order valence-corrected chi connectivity index (χ3v) is 4.81. The van der Waals surface area contributed by atoms with Gasteiger partial charge in [0.2, 0.25) is 0 Å². The number of aromatic nitrogens is 1. The lowest BCUT2D eigenvalue weighted by atomic mass is 9.74. The van der Waals surface area contributed by atoms with E-state index in [1.807, 2.05) is 24.3 Å². The van der Waals surface area contributed by atoms with Gasteiger partial charge in [0.25, 0.3) is 0 Å². The lowest BCUT2D eigenvalue weighted by Crippen LogP contribution is -2.40. The van der Waals surface area contributed by atoms with Gasteiger partial charge in [-0.3, -0.25) is 4.98 Å². The lowest BCUT2D eigenvalue weighted by Gasteiger charge is -2.38. The molecule has 1 aliphatic heterocycles. The largest absolute Gasteiger partial charge is 0.392 e. The van der Waals surface area contributed by atoms with Gasteiger partial charge in [-0.2, -0.15) is 0 Å². The molecule has 2 heterocycles. The number of aliphatic hydroxyl groups excluding tert-OH is 1. The quantitative estimate of drug-likeness (QED) is 0.881. The maximum atomic E-state index is 9.46. The summed E-state index contributed by atoms with van der Waals surface area (Å²) in [5, 5.41) is 13.7. The summed E-state index contributed by atoms with van der Waals surface area (Å²) in [5.74, 6) is 0. The van der Waals surface area contributed by atoms with Gasteiger partial charge in [-0.15, -0.1) is 0 Å². The van der Waals surface area contributed by atoms with Crippen molar-refractivity contribution in [2.75, 3.05) is 25.1 Å². The Balaban J connectivity index is 1.85. The molecule has 0 saturated carbocycles. The molecule has 0 unspecified atom stereocenters. The van der Waals surface area contributed by atoms with Crippen LogP contribution in [0.5, 0.6) is 0 Å². The summed E-state index contributed by atoms with van der Waals surface area (Å²) in [6, 6.07) is 9.99. The van der Waals surface area contributed by atoms with Crippen molar-refractivity contribution < 1.29 is 9.84 Å². The fraction of sp³-hybridized carbons (Fsp3) is 0.389. The number of nitrogens with zero attached hydrogens (tertiary/aromatic N) is 1. The van der Waals surface area contributed by atoms with Gasteiger partial charge in [-0.25, -0.2) is 0 Å². The van der Waals surface area contributed by atoms with Crippen LogP contribution in [0, 0.1) is 0 Å². The molecule has 0 bridgehead atoms. The van der Waals surface area contributed by atoms with Gasteiger partial charge in [0.1, 0.15) is 0 Å². The second kappa shape index (κ2) is 7.30. The van der Waals surface area contributed by atoms with E-state index in [2.05, 4.69) is 16.4 Å². The van der Waals surface area contributed by atoms with Crippen molar-refractivity contribution in [1.29, 1.82) is 0 Å².